The molecule has 0 unspecified atom stereocenters. The molecular formula is C16H18N2O2-2. The maximum atomic E-state index is 11.5. The van der Waals surface area contributed by atoms with Gasteiger partial charge in [-0.1, -0.05) is 48.5 Å². The summed E-state index contributed by atoms with van der Waals surface area (Å²) in [5.41, 5.74) is 1.55. The minimum atomic E-state index is 0.0632. The predicted molar refractivity (Wildman–Crippen MR) is 75.2 cm³/mol. The Morgan fingerprint density at radius 2 is 1.05 bits per heavy atom. The van der Waals surface area contributed by atoms with Crippen molar-refractivity contribution in [2.45, 2.75) is 13.1 Å². The highest BCUT2D eigenvalue weighted by molar-refractivity contribution is 5.31. The molecular weight excluding hydrogens is 252 g/mol. The lowest BCUT2D eigenvalue weighted by atomic mass is 10.2. The van der Waals surface area contributed by atoms with Gasteiger partial charge in [-0.15, -0.1) is 11.5 Å². The van der Waals surface area contributed by atoms with E-state index < -0.39 is 0 Å². The largest absolute Gasteiger partial charge is 0.872 e. The minimum absolute atomic E-state index is 0.0632. The van der Waals surface area contributed by atoms with Gasteiger partial charge in [0, 0.05) is 26.2 Å². The Bertz CT molecular complexity index is 494. The lowest BCUT2D eigenvalue weighted by Crippen LogP contribution is -2.27. The third-order valence-corrected chi connectivity index (χ3v) is 3.05. The molecule has 20 heavy (non-hydrogen) atoms. The molecule has 0 aromatic heterocycles. The van der Waals surface area contributed by atoms with Crippen LogP contribution in [-0.2, 0) is 13.1 Å². The smallest absolute Gasteiger partial charge is 0.0199 e. The molecule has 0 fully saturated rings. The molecule has 0 atom stereocenters. The van der Waals surface area contributed by atoms with Crippen LogP contribution in [0.2, 0.25) is 0 Å². The van der Waals surface area contributed by atoms with Gasteiger partial charge in [-0.3, -0.25) is 0 Å². The van der Waals surface area contributed by atoms with Gasteiger partial charge in [0.25, 0.3) is 0 Å². The Balaban J connectivity index is 1.63. The van der Waals surface area contributed by atoms with Crippen molar-refractivity contribution in [1.82, 2.24) is 10.6 Å². The van der Waals surface area contributed by atoms with Gasteiger partial charge in [0.2, 0.25) is 0 Å². The maximum Gasteiger partial charge on any atom is 0.0199 e. The molecule has 2 N–H and O–H groups in total. The number of hydrogen-bond acceptors (Lipinski definition) is 4. The summed E-state index contributed by atoms with van der Waals surface area (Å²) in [7, 11) is 0. The van der Waals surface area contributed by atoms with E-state index in [1.807, 2.05) is 24.3 Å². The van der Waals surface area contributed by atoms with Gasteiger partial charge in [-0.25, -0.2) is 0 Å². The van der Waals surface area contributed by atoms with Crippen molar-refractivity contribution in [1.29, 1.82) is 0 Å². The monoisotopic (exact) mass is 270 g/mol. The van der Waals surface area contributed by atoms with Gasteiger partial charge in [0.15, 0.2) is 0 Å². The van der Waals surface area contributed by atoms with E-state index in [2.05, 4.69) is 10.6 Å². The third-order valence-electron chi connectivity index (χ3n) is 3.05. The molecule has 0 amide bonds. The molecule has 2 aromatic carbocycles. The zero-order chi connectivity index (χ0) is 14.2. The minimum Gasteiger partial charge on any atom is -0.872 e. The first-order valence-corrected chi connectivity index (χ1v) is 6.68. The number of hydrogen-bond donors (Lipinski definition) is 2. The maximum absolute atomic E-state index is 11.5. The van der Waals surface area contributed by atoms with Crippen molar-refractivity contribution in [2.24, 2.45) is 0 Å². The van der Waals surface area contributed by atoms with E-state index in [0.717, 1.165) is 24.2 Å². The Morgan fingerprint density at radius 1 is 0.650 bits per heavy atom. The number of nitrogens with one attached hydrogen (secondary N) is 2. The first kappa shape index (κ1) is 14.4. The molecule has 0 saturated carbocycles. The Labute approximate surface area is 119 Å². The normalized spacial score (nSPS) is 10.6. The van der Waals surface area contributed by atoms with Crippen LogP contribution in [0, 0.1) is 0 Å². The summed E-state index contributed by atoms with van der Waals surface area (Å²) in [6.07, 6.45) is 0. The topological polar surface area (TPSA) is 70.2 Å². The van der Waals surface area contributed by atoms with Crippen molar-refractivity contribution in [3.05, 3.63) is 59.7 Å². The van der Waals surface area contributed by atoms with E-state index >= 15 is 0 Å². The lowest BCUT2D eigenvalue weighted by Gasteiger charge is -2.15. The Morgan fingerprint density at radius 3 is 1.45 bits per heavy atom. The first-order chi connectivity index (χ1) is 9.77. The highest BCUT2D eigenvalue weighted by Gasteiger charge is 1.94. The number of rotatable bonds is 7. The van der Waals surface area contributed by atoms with Gasteiger partial charge < -0.3 is 20.8 Å². The molecule has 0 aliphatic heterocycles. The molecule has 2 rings (SSSR count). The SMILES string of the molecule is [O-]c1ccccc1CNCCNCc1ccccc1[O-]. The second-order valence-electron chi connectivity index (χ2n) is 4.57. The Kier molecular flexibility index (Phi) is 5.41. The van der Waals surface area contributed by atoms with Crippen LogP contribution in [0.4, 0.5) is 0 Å². The van der Waals surface area contributed by atoms with Crippen molar-refractivity contribution < 1.29 is 10.2 Å². The van der Waals surface area contributed by atoms with Crippen LogP contribution < -0.4 is 20.8 Å². The molecule has 2 aromatic rings. The highest BCUT2D eigenvalue weighted by Crippen LogP contribution is 2.12. The van der Waals surface area contributed by atoms with E-state index in [1.54, 1.807) is 24.3 Å². The lowest BCUT2D eigenvalue weighted by molar-refractivity contribution is -0.270. The standard InChI is InChI=1S/C16H20N2O2/c19-15-7-3-1-5-13(15)11-17-9-10-18-12-14-6-2-4-8-16(14)20/h1-8,17-20H,9-12H2/p-2. The van der Waals surface area contributed by atoms with Crippen LogP contribution in [0.3, 0.4) is 0 Å². The average molecular weight is 270 g/mol. The Hall–Kier alpha value is -2.04. The summed E-state index contributed by atoms with van der Waals surface area (Å²) < 4.78 is 0. The fourth-order valence-corrected chi connectivity index (χ4v) is 1.92. The summed E-state index contributed by atoms with van der Waals surface area (Å²) in [6, 6.07) is 14.0. The molecule has 0 heterocycles. The van der Waals surface area contributed by atoms with E-state index in [-0.39, 0.29) is 11.5 Å². The number of para-hydroxylation sites is 2. The molecule has 4 heteroatoms. The molecule has 4 nitrogen and oxygen atoms in total. The van der Waals surface area contributed by atoms with Gasteiger partial charge >= 0.3 is 0 Å². The van der Waals surface area contributed by atoms with Gasteiger partial charge in [0.05, 0.1) is 0 Å². The van der Waals surface area contributed by atoms with Gasteiger partial charge in [-0.05, 0) is 11.1 Å². The molecule has 0 aliphatic carbocycles. The van der Waals surface area contributed by atoms with Crippen LogP contribution >= 0.6 is 0 Å². The van der Waals surface area contributed by atoms with Gasteiger partial charge in [0.1, 0.15) is 0 Å². The summed E-state index contributed by atoms with van der Waals surface area (Å²) in [4.78, 5) is 0. The van der Waals surface area contributed by atoms with Crippen molar-refractivity contribution in [2.75, 3.05) is 13.1 Å². The van der Waals surface area contributed by atoms with Crippen LogP contribution in [0.5, 0.6) is 11.5 Å². The summed E-state index contributed by atoms with van der Waals surface area (Å²) in [5.74, 6) is 0.126. The van der Waals surface area contributed by atoms with E-state index in [9.17, 15) is 10.2 Å². The van der Waals surface area contributed by atoms with Gasteiger partial charge in [-0.2, -0.15) is 0 Å². The van der Waals surface area contributed by atoms with Crippen molar-refractivity contribution in [3.8, 4) is 11.5 Å². The molecule has 0 spiro atoms. The zero-order valence-corrected chi connectivity index (χ0v) is 11.3. The molecule has 0 radical (unpaired) electrons. The molecule has 0 bridgehead atoms. The van der Waals surface area contributed by atoms with Crippen LogP contribution in [0.15, 0.2) is 48.5 Å². The van der Waals surface area contributed by atoms with Crippen LogP contribution in [0.1, 0.15) is 11.1 Å². The van der Waals surface area contributed by atoms with E-state index in [1.165, 1.54) is 0 Å². The zero-order valence-electron chi connectivity index (χ0n) is 11.3. The summed E-state index contributed by atoms with van der Waals surface area (Å²) >= 11 is 0. The summed E-state index contributed by atoms with van der Waals surface area (Å²) in [5, 5.41) is 29.3. The van der Waals surface area contributed by atoms with Crippen molar-refractivity contribution in [3.63, 3.8) is 0 Å². The summed E-state index contributed by atoms with van der Waals surface area (Å²) in [6.45, 7) is 2.63. The molecule has 0 saturated heterocycles. The number of benzene rings is 2. The molecule has 106 valence electrons. The first-order valence-electron chi connectivity index (χ1n) is 6.68. The third kappa shape index (κ3) is 4.26. The predicted octanol–water partition coefficient (Wildman–Crippen LogP) is 0.713. The quantitative estimate of drug-likeness (QED) is 0.727. The fraction of sp³-hybridized carbons (Fsp3) is 0.250. The van der Waals surface area contributed by atoms with Crippen LogP contribution in [0.25, 0.3) is 0 Å². The fourth-order valence-electron chi connectivity index (χ4n) is 1.92. The second-order valence-corrected chi connectivity index (χ2v) is 4.57. The van der Waals surface area contributed by atoms with Crippen molar-refractivity contribution >= 4 is 0 Å². The highest BCUT2D eigenvalue weighted by atomic mass is 16.3. The molecule has 0 aliphatic rings. The van der Waals surface area contributed by atoms with E-state index in [0.29, 0.717) is 13.1 Å². The van der Waals surface area contributed by atoms with Crippen LogP contribution in [-0.4, -0.2) is 13.1 Å². The average Bonchev–Trinajstić information content (AvgIpc) is 2.46. The second kappa shape index (κ2) is 7.53. The van der Waals surface area contributed by atoms with E-state index in [4.69, 9.17) is 0 Å².